The van der Waals surface area contributed by atoms with E-state index in [1.54, 1.807) is 30.2 Å². The molecule has 1 amide bonds. The van der Waals surface area contributed by atoms with Crippen molar-refractivity contribution in [2.75, 3.05) is 13.1 Å². The highest BCUT2D eigenvalue weighted by atomic mass is 16.2. The topological polar surface area (TPSA) is 73.0 Å². The molecule has 0 bridgehead atoms. The summed E-state index contributed by atoms with van der Waals surface area (Å²) < 4.78 is 3.61. The van der Waals surface area contributed by atoms with E-state index in [9.17, 15) is 9.59 Å². The number of piperidine rings is 1. The van der Waals surface area contributed by atoms with Gasteiger partial charge in [0.25, 0.3) is 11.5 Å². The number of nitrogens with zero attached hydrogens (tertiary/aromatic N) is 5. The standard InChI is InChI=1S/C22H27N5O2/c1-15(2)13-27-14-24-19-10-18(12-23-21(19)27)22(29)26-8-5-16(6-9-26)17-4-7-25(3)20(28)11-17/h4,7,10-12,14-16H,5-6,8-9,13H2,1-3H3. The van der Waals surface area contributed by atoms with Gasteiger partial charge < -0.3 is 14.0 Å². The molecular formula is C22H27N5O2. The number of imidazole rings is 1. The highest BCUT2D eigenvalue weighted by Gasteiger charge is 2.25. The number of likely N-dealkylation sites (tertiary alicyclic amines) is 1. The average molecular weight is 393 g/mol. The number of carbonyl (C=O) groups is 1. The van der Waals surface area contributed by atoms with Crippen molar-refractivity contribution in [1.82, 2.24) is 24.0 Å². The Morgan fingerprint density at radius 3 is 2.66 bits per heavy atom. The Morgan fingerprint density at radius 1 is 1.21 bits per heavy atom. The molecule has 7 heteroatoms. The van der Waals surface area contributed by atoms with Gasteiger partial charge in [-0.05, 0) is 42.4 Å². The van der Waals surface area contributed by atoms with Crippen molar-refractivity contribution < 1.29 is 4.79 Å². The molecule has 1 aliphatic rings. The van der Waals surface area contributed by atoms with Crippen LogP contribution >= 0.6 is 0 Å². The Labute approximate surface area is 170 Å². The molecule has 7 nitrogen and oxygen atoms in total. The second kappa shape index (κ2) is 7.81. The van der Waals surface area contributed by atoms with Gasteiger partial charge in [-0.25, -0.2) is 9.97 Å². The average Bonchev–Trinajstić information content (AvgIpc) is 3.11. The fourth-order valence-corrected chi connectivity index (χ4v) is 4.01. The molecule has 4 heterocycles. The fourth-order valence-electron chi connectivity index (χ4n) is 4.01. The maximum Gasteiger partial charge on any atom is 0.255 e. The zero-order valence-corrected chi connectivity index (χ0v) is 17.2. The van der Waals surface area contributed by atoms with Crippen LogP contribution in [0.25, 0.3) is 11.2 Å². The maximum atomic E-state index is 13.0. The van der Waals surface area contributed by atoms with Gasteiger partial charge in [0.2, 0.25) is 0 Å². The zero-order chi connectivity index (χ0) is 20.5. The lowest BCUT2D eigenvalue weighted by molar-refractivity contribution is 0.0712. The van der Waals surface area contributed by atoms with Crippen LogP contribution in [0.5, 0.6) is 0 Å². The Hall–Kier alpha value is -2.96. The van der Waals surface area contributed by atoms with E-state index >= 15 is 0 Å². The summed E-state index contributed by atoms with van der Waals surface area (Å²) in [6, 6.07) is 5.57. The van der Waals surface area contributed by atoms with Gasteiger partial charge in [-0.3, -0.25) is 9.59 Å². The van der Waals surface area contributed by atoms with Crippen molar-refractivity contribution in [2.45, 2.75) is 39.2 Å². The molecule has 1 fully saturated rings. The van der Waals surface area contributed by atoms with Crippen LogP contribution < -0.4 is 5.56 Å². The van der Waals surface area contributed by atoms with Crippen molar-refractivity contribution in [3.8, 4) is 0 Å². The summed E-state index contributed by atoms with van der Waals surface area (Å²) in [7, 11) is 1.75. The number of hydrogen-bond acceptors (Lipinski definition) is 4. The molecule has 0 spiro atoms. The first-order valence-corrected chi connectivity index (χ1v) is 10.2. The summed E-state index contributed by atoms with van der Waals surface area (Å²) in [6.45, 7) is 6.52. The van der Waals surface area contributed by atoms with Gasteiger partial charge in [0.15, 0.2) is 5.65 Å². The SMILES string of the molecule is CC(C)Cn1cnc2cc(C(=O)N3CCC(c4ccn(C)c(=O)c4)CC3)cnc21. The highest BCUT2D eigenvalue weighted by molar-refractivity contribution is 5.96. The summed E-state index contributed by atoms with van der Waals surface area (Å²) >= 11 is 0. The molecule has 3 aromatic heterocycles. The molecule has 29 heavy (non-hydrogen) atoms. The fraction of sp³-hybridized carbons (Fsp3) is 0.455. The molecule has 4 rings (SSSR count). The van der Waals surface area contributed by atoms with Crippen LogP contribution in [0.3, 0.4) is 0 Å². The minimum atomic E-state index is 0.000218. The largest absolute Gasteiger partial charge is 0.339 e. The summed E-state index contributed by atoms with van der Waals surface area (Å²) in [4.78, 5) is 35.7. The monoisotopic (exact) mass is 393 g/mol. The normalized spacial score (nSPS) is 15.4. The first-order chi connectivity index (χ1) is 13.9. The summed E-state index contributed by atoms with van der Waals surface area (Å²) in [5.74, 6) is 0.821. The lowest BCUT2D eigenvalue weighted by atomic mass is 9.90. The lowest BCUT2D eigenvalue weighted by Gasteiger charge is -2.32. The number of rotatable bonds is 4. The number of carbonyl (C=O) groups excluding carboxylic acids is 1. The van der Waals surface area contributed by atoms with Crippen molar-refractivity contribution in [2.24, 2.45) is 13.0 Å². The minimum absolute atomic E-state index is 0.000218. The van der Waals surface area contributed by atoms with E-state index < -0.39 is 0 Å². The molecular weight excluding hydrogens is 366 g/mol. The Kier molecular flexibility index (Phi) is 5.22. The van der Waals surface area contributed by atoms with Crippen LogP contribution in [0.1, 0.15) is 48.5 Å². The van der Waals surface area contributed by atoms with Crippen molar-refractivity contribution in [3.63, 3.8) is 0 Å². The number of hydrogen-bond donors (Lipinski definition) is 0. The second-order valence-electron chi connectivity index (χ2n) is 8.33. The second-order valence-corrected chi connectivity index (χ2v) is 8.33. The third-order valence-electron chi connectivity index (χ3n) is 5.65. The molecule has 0 radical (unpaired) electrons. The Morgan fingerprint density at radius 2 is 1.97 bits per heavy atom. The first-order valence-electron chi connectivity index (χ1n) is 10.2. The molecule has 0 aliphatic carbocycles. The Bertz CT molecular complexity index is 1090. The van der Waals surface area contributed by atoms with Crippen LogP contribution in [-0.2, 0) is 13.6 Å². The number of fused-ring (bicyclic) bond motifs is 1. The van der Waals surface area contributed by atoms with Gasteiger partial charge in [0, 0.05) is 45.1 Å². The van der Waals surface area contributed by atoms with Crippen molar-refractivity contribution in [3.05, 3.63) is 58.4 Å². The molecule has 0 N–H and O–H groups in total. The number of amides is 1. The van der Waals surface area contributed by atoms with Gasteiger partial charge in [-0.1, -0.05) is 13.8 Å². The summed E-state index contributed by atoms with van der Waals surface area (Å²) in [5.41, 5.74) is 3.24. The predicted octanol–water partition coefficient (Wildman–Crippen LogP) is 2.81. The molecule has 1 saturated heterocycles. The van der Waals surface area contributed by atoms with E-state index in [0.29, 0.717) is 30.5 Å². The molecule has 3 aromatic rings. The molecule has 0 aromatic carbocycles. The van der Waals surface area contributed by atoms with E-state index in [2.05, 4.69) is 23.8 Å². The van der Waals surface area contributed by atoms with Gasteiger partial charge in [0.1, 0.15) is 5.52 Å². The van der Waals surface area contributed by atoms with Crippen LogP contribution in [0.15, 0.2) is 41.7 Å². The van der Waals surface area contributed by atoms with Crippen LogP contribution in [0, 0.1) is 5.92 Å². The van der Waals surface area contributed by atoms with Crippen LogP contribution in [0.4, 0.5) is 0 Å². The molecule has 1 aliphatic heterocycles. The van der Waals surface area contributed by atoms with E-state index in [1.807, 2.05) is 27.8 Å². The van der Waals surface area contributed by atoms with Crippen LogP contribution in [-0.4, -0.2) is 43.0 Å². The highest BCUT2D eigenvalue weighted by Crippen LogP contribution is 2.28. The minimum Gasteiger partial charge on any atom is -0.339 e. The van der Waals surface area contributed by atoms with Crippen molar-refractivity contribution in [1.29, 1.82) is 0 Å². The molecule has 152 valence electrons. The van der Waals surface area contributed by atoms with E-state index in [0.717, 1.165) is 36.1 Å². The van der Waals surface area contributed by atoms with Gasteiger partial charge in [-0.15, -0.1) is 0 Å². The molecule has 0 saturated carbocycles. The molecule has 0 atom stereocenters. The quantitative estimate of drug-likeness (QED) is 0.683. The Balaban J connectivity index is 1.45. The lowest BCUT2D eigenvalue weighted by Crippen LogP contribution is -2.38. The smallest absolute Gasteiger partial charge is 0.255 e. The predicted molar refractivity (Wildman–Crippen MR) is 112 cm³/mol. The van der Waals surface area contributed by atoms with E-state index in [-0.39, 0.29) is 11.5 Å². The van der Waals surface area contributed by atoms with Gasteiger partial charge >= 0.3 is 0 Å². The van der Waals surface area contributed by atoms with Gasteiger partial charge in [0.05, 0.1) is 11.9 Å². The van der Waals surface area contributed by atoms with Gasteiger partial charge in [-0.2, -0.15) is 0 Å². The van der Waals surface area contributed by atoms with Crippen LogP contribution in [0.2, 0.25) is 0 Å². The van der Waals surface area contributed by atoms with Crippen molar-refractivity contribution >= 4 is 17.1 Å². The zero-order valence-electron chi connectivity index (χ0n) is 17.2. The van der Waals surface area contributed by atoms with E-state index in [1.165, 1.54) is 0 Å². The maximum absolute atomic E-state index is 13.0. The summed E-state index contributed by atoms with van der Waals surface area (Å²) in [5, 5.41) is 0. The number of aryl methyl sites for hydroxylation is 1. The third kappa shape index (κ3) is 3.95. The molecule has 0 unspecified atom stereocenters. The summed E-state index contributed by atoms with van der Waals surface area (Å²) in [6.07, 6.45) is 6.99. The number of pyridine rings is 2. The third-order valence-corrected chi connectivity index (χ3v) is 5.65. The van der Waals surface area contributed by atoms with E-state index in [4.69, 9.17) is 0 Å². The number of aromatic nitrogens is 4. The first kappa shape index (κ1) is 19.4.